The second-order valence-corrected chi connectivity index (χ2v) is 7.17. The first-order valence-corrected chi connectivity index (χ1v) is 9.20. The number of para-hydroxylation sites is 2. The number of nitrogens with one attached hydrogen (secondary N) is 1. The summed E-state index contributed by atoms with van der Waals surface area (Å²) in [6.07, 6.45) is 4.55. The number of imidazole rings is 1. The van der Waals surface area contributed by atoms with E-state index in [-0.39, 0.29) is 17.9 Å². The fraction of sp³-hybridized carbons (Fsp3) is 0.333. The highest BCUT2D eigenvalue weighted by Gasteiger charge is 2.27. The van der Waals surface area contributed by atoms with Crippen LogP contribution >= 0.6 is 0 Å². The number of hydrogen-bond acceptors (Lipinski definition) is 3. The number of hydrogen-bond donors (Lipinski definition) is 2. The summed E-state index contributed by atoms with van der Waals surface area (Å²) in [5.74, 6) is 0.214. The standard InChI is InChI=1S/C21H24N4O/c22-18-10-9-17(11-18)21(26)23-12-15-5-7-16(8-6-15)13-25-14-24-19-3-1-2-4-20(19)25/h1-8,14,17-18H,9-13,22H2,(H,23,26). The van der Waals surface area contributed by atoms with Crippen molar-refractivity contribution in [2.75, 3.05) is 0 Å². The predicted octanol–water partition coefficient (Wildman–Crippen LogP) is 2.83. The van der Waals surface area contributed by atoms with Gasteiger partial charge in [-0.1, -0.05) is 36.4 Å². The van der Waals surface area contributed by atoms with Gasteiger partial charge >= 0.3 is 0 Å². The lowest BCUT2D eigenvalue weighted by molar-refractivity contribution is -0.125. The summed E-state index contributed by atoms with van der Waals surface area (Å²) in [5.41, 5.74) is 10.4. The lowest BCUT2D eigenvalue weighted by Crippen LogP contribution is -2.29. The first-order valence-electron chi connectivity index (χ1n) is 9.20. The molecule has 134 valence electrons. The molecule has 1 amide bonds. The van der Waals surface area contributed by atoms with Gasteiger partial charge in [0.1, 0.15) is 0 Å². The van der Waals surface area contributed by atoms with Crippen molar-refractivity contribution in [3.63, 3.8) is 0 Å². The van der Waals surface area contributed by atoms with E-state index in [0.717, 1.165) is 42.4 Å². The van der Waals surface area contributed by atoms with Crippen LogP contribution in [0.1, 0.15) is 30.4 Å². The van der Waals surface area contributed by atoms with Gasteiger partial charge in [-0.25, -0.2) is 4.98 Å². The highest BCUT2D eigenvalue weighted by Crippen LogP contribution is 2.24. The Balaban J connectivity index is 1.35. The number of benzene rings is 2. The molecule has 1 aromatic heterocycles. The molecular formula is C21H24N4O. The van der Waals surface area contributed by atoms with E-state index in [1.165, 1.54) is 5.56 Å². The predicted molar refractivity (Wildman–Crippen MR) is 102 cm³/mol. The number of amides is 1. The molecule has 0 bridgehead atoms. The molecular weight excluding hydrogens is 324 g/mol. The van der Waals surface area contributed by atoms with Gasteiger partial charge in [-0.2, -0.15) is 0 Å². The monoisotopic (exact) mass is 348 g/mol. The Bertz CT molecular complexity index is 900. The second-order valence-electron chi connectivity index (χ2n) is 7.17. The molecule has 5 heteroatoms. The summed E-state index contributed by atoms with van der Waals surface area (Å²) in [6, 6.07) is 16.7. The molecule has 26 heavy (non-hydrogen) atoms. The van der Waals surface area contributed by atoms with E-state index in [0.29, 0.717) is 6.54 Å². The molecule has 0 spiro atoms. The van der Waals surface area contributed by atoms with E-state index in [4.69, 9.17) is 5.73 Å². The zero-order valence-corrected chi connectivity index (χ0v) is 14.8. The van der Waals surface area contributed by atoms with Crippen molar-refractivity contribution in [1.82, 2.24) is 14.9 Å². The topological polar surface area (TPSA) is 72.9 Å². The van der Waals surface area contributed by atoms with Gasteiger partial charge in [0.25, 0.3) is 0 Å². The quantitative estimate of drug-likeness (QED) is 0.745. The zero-order valence-electron chi connectivity index (χ0n) is 14.8. The molecule has 2 unspecified atom stereocenters. The van der Waals surface area contributed by atoms with Gasteiger partial charge in [0.15, 0.2) is 0 Å². The smallest absolute Gasteiger partial charge is 0.223 e. The first kappa shape index (κ1) is 16.8. The molecule has 3 aromatic rings. The summed E-state index contributed by atoms with van der Waals surface area (Å²) in [4.78, 5) is 16.6. The normalized spacial score (nSPS) is 19.7. The Kier molecular flexibility index (Phi) is 4.71. The van der Waals surface area contributed by atoms with Gasteiger partial charge in [-0.15, -0.1) is 0 Å². The van der Waals surface area contributed by atoms with Crippen LogP contribution in [0.5, 0.6) is 0 Å². The van der Waals surface area contributed by atoms with Gasteiger partial charge < -0.3 is 15.6 Å². The Hall–Kier alpha value is -2.66. The van der Waals surface area contributed by atoms with Crippen LogP contribution in [0.4, 0.5) is 0 Å². The van der Waals surface area contributed by atoms with Crippen molar-refractivity contribution in [1.29, 1.82) is 0 Å². The highest BCUT2D eigenvalue weighted by atomic mass is 16.1. The zero-order chi connectivity index (χ0) is 17.9. The summed E-state index contributed by atoms with van der Waals surface area (Å²) in [6.45, 7) is 1.35. The molecule has 1 heterocycles. The van der Waals surface area contributed by atoms with E-state index in [1.807, 2.05) is 24.5 Å². The van der Waals surface area contributed by atoms with Gasteiger partial charge in [0.2, 0.25) is 5.91 Å². The van der Waals surface area contributed by atoms with Crippen molar-refractivity contribution < 1.29 is 4.79 Å². The number of nitrogens with two attached hydrogens (primary N) is 1. The van der Waals surface area contributed by atoms with Crippen LogP contribution in [0, 0.1) is 5.92 Å². The summed E-state index contributed by atoms with van der Waals surface area (Å²) >= 11 is 0. The molecule has 1 aliphatic carbocycles. The van der Waals surface area contributed by atoms with Crippen molar-refractivity contribution in [2.24, 2.45) is 11.7 Å². The number of aromatic nitrogens is 2. The largest absolute Gasteiger partial charge is 0.352 e. The molecule has 4 rings (SSSR count). The van der Waals surface area contributed by atoms with E-state index in [2.05, 4.69) is 45.2 Å². The summed E-state index contributed by atoms with van der Waals surface area (Å²) in [7, 11) is 0. The molecule has 3 N–H and O–H groups in total. The van der Waals surface area contributed by atoms with Crippen LogP contribution in [-0.4, -0.2) is 21.5 Å². The third-order valence-corrected chi connectivity index (χ3v) is 5.21. The molecule has 2 atom stereocenters. The molecule has 0 saturated heterocycles. The molecule has 1 aliphatic rings. The van der Waals surface area contributed by atoms with E-state index in [1.54, 1.807) is 0 Å². The molecule has 2 aromatic carbocycles. The molecule has 0 radical (unpaired) electrons. The Morgan fingerprint density at radius 1 is 1.12 bits per heavy atom. The van der Waals surface area contributed by atoms with Crippen LogP contribution < -0.4 is 11.1 Å². The molecule has 1 saturated carbocycles. The Labute approximate surface area is 153 Å². The molecule has 0 aliphatic heterocycles. The lowest BCUT2D eigenvalue weighted by atomic mass is 10.1. The molecule has 5 nitrogen and oxygen atoms in total. The van der Waals surface area contributed by atoms with Crippen molar-refractivity contribution in [3.8, 4) is 0 Å². The minimum Gasteiger partial charge on any atom is -0.352 e. The Morgan fingerprint density at radius 3 is 2.65 bits per heavy atom. The van der Waals surface area contributed by atoms with Crippen LogP contribution in [0.25, 0.3) is 11.0 Å². The number of rotatable bonds is 5. The van der Waals surface area contributed by atoms with Crippen molar-refractivity contribution in [2.45, 2.75) is 38.4 Å². The van der Waals surface area contributed by atoms with E-state index >= 15 is 0 Å². The fourth-order valence-corrected chi connectivity index (χ4v) is 3.68. The number of carbonyl (C=O) groups excluding carboxylic acids is 1. The maximum absolute atomic E-state index is 12.2. The first-order chi connectivity index (χ1) is 12.7. The van der Waals surface area contributed by atoms with Crippen molar-refractivity contribution >= 4 is 16.9 Å². The van der Waals surface area contributed by atoms with Gasteiger partial charge in [0, 0.05) is 25.0 Å². The van der Waals surface area contributed by atoms with E-state index in [9.17, 15) is 4.79 Å². The third kappa shape index (κ3) is 3.63. The minimum absolute atomic E-state index is 0.0822. The third-order valence-electron chi connectivity index (χ3n) is 5.21. The highest BCUT2D eigenvalue weighted by molar-refractivity contribution is 5.79. The maximum atomic E-state index is 12.2. The fourth-order valence-electron chi connectivity index (χ4n) is 3.68. The minimum atomic E-state index is 0.0822. The average Bonchev–Trinajstić information content (AvgIpc) is 3.28. The average molecular weight is 348 g/mol. The van der Waals surface area contributed by atoms with Gasteiger partial charge in [-0.05, 0) is 42.5 Å². The molecule has 1 fully saturated rings. The van der Waals surface area contributed by atoms with Gasteiger partial charge in [0.05, 0.1) is 17.4 Å². The summed E-state index contributed by atoms with van der Waals surface area (Å²) in [5, 5.41) is 3.04. The van der Waals surface area contributed by atoms with Crippen LogP contribution in [0.2, 0.25) is 0 Å². The summed E-state index contributed by atoms with van der Waals surface area (Å²) < 4.78 is 2.15. The lowest BCUT2D eigenvalue weighted by Gasteiger charge is -2.11. The van der Waals surface area contributed by atoms with Crippen LogP contribution in [0.15, 0.2) is 54.9 Å². The number of fused-ring (bicyclic) bond motifs is 1. The van der Waals surface area contributed by atoms with Crippen LogP contribution in [-0.2, 0) is 17.9 Å². The number of carbonyl (C=O) groups is 1. The van der Waals surface area contributed by atoms with Crippen LogP contribution in [0.3, 0.4) is 0 Å². The van der Waals surface area contributed by atoms with Gasteiger partial charge in [-0.3, -0.25) is 4.79 Å². The Morgan fingerprint density at radius 2 is 1.88 bits per heavy atom. The number of nitrogens with zero attached hydrogens (tertiary/aromatic N) is 2. The second kappa shape index (κ2) is 7.30. The van der Waals surface area contributed by atoms with E-state index < -0.39 is 0 Å². The maximum Gasteiger partial charge on any atom is 0.223 e. The van der Waals surface area contributed by atoms with Crippen molar-refractivity contribution in [3.05, 3.63) is 66.0 Å². The SMILES string of the molecule is NC1CCC(C(=O)NCc2ccc(Cn3cnc4ccccc43)cc2)C1.